The maximum absolute atomic E-state index is 12.9. The number of nitrogens with zero attached hydrogens (tertiary/aromatic N) is 1. The first-order chi connectivity index (χ1) is 11.5. The van der Waals surface area contributed by atoms with E-state index in [-0.39, 0.29) is 18.4 Å². The van der Waals surface area contributed by atoms with Gasteiger partial charge in [-0.15, -0.1) is 0 Å². The number of likely N-dealkylation sites (tertiary alicyclic amines) is 1. The molecule has 132 valence electrons. The molecule has 0 spiro atoms. The van der Waals surface area contributed by atoms with Gasteiger partial charge in [-0.05, 0) is 30.9 Å². The van der Waals surface area contributed by atoms with Gasteiger partial charge in [0, 0.05) is 19.2 Å². The van der Waals surface area contributed by atoms with Crippen LogP contribution in [0.15, 0.2) is 18.2 Å². The number of carbonyl (C=O) groups is 2. The highest BCUT2D eigenvalue weighted by Crippen LogP contribution is 2.29. The lowest BCUT2D eigenvalue weighted by atomic mass is 9.90. The summed E-state index contributed by atoms with van der Waals surface area (Å²) in [6.45, 7) is 5.25. The molecule has 1 aromatic rings. The number of aliphatic carboxylic acids is 1. The molecule has 0 bridgehead atoms. The fourth-order valence-corrected chi connectivity index (χ4v) is 3.00. The Morgan fingerprint density at radius 3 is 2.71 bits per heavy atom. The fourth-order valence-electron chi connectivity index (χ4n) is 3.00. The molecule has 1 N–H and O–H groups in total. The van der Waals surface area contributed by atoms with Gasteiger partial charge in [0.25, 0.3) is 5.91 Å². The molecule has 1 amide bonds. The van der Waals surface area contributed by atoms with E-state index in [1.807, 2.05) is 13.8 Å². The van der Waals surface area contributed by atoms with Gasteiger partial charge < -0.3 is 19.5 Å². The van der Waals surface area contributed by atoms with E-state index in [1.54, 1.807) is 30.2 Å². The van der Waals surface area contributed by atoms with E-state index < -0.39 is 11.9 Å². The molecular formula is C18H25NO5. The van der Waals surface area contributed by atoms with Crippen molar-refractivity contribution in [1.82, 2.24) is 4.90 Å². The number of hydrogen-bond donors (Lipinski definition) is 1. The Morgan fingerprint density at radius 1 is 1.33 bits per heavy atom. The Labute approximate surface area is 142 Å². The number of carbonyl (C=O) groups excluding carboxylic acids is 1. The highest BCUT2D eigenvalue weighted by atomic mass is 16.5. The summed E-state index contributed by atoms with van der Waals surface area (Å²) < 4.78 is 10.9. The molecule has 0 aromatic heterocycles. The molecule has 2 rings (SSSR count). The van der Waals surface area contributed by atoms with Gasteiger partial charge in [-0.25, -0.2) is 0 Å². The first-order valence-corrected chi connectivity index (χ1v) is 8.29. The van der Waals surface area contributed by atoms with Crippen LogP contribution in [-0.2, 0) is 4.79 Å². The monoisotopic (exact) mass is 335 g/mol. The quantitative estimate of drug-likeness (QED) is 0.865. The van der Waals surface area contributed by atoms with E-state index in [4.69, 9.17) is 9.47 Å². The summed E-state index contributed by atoms with van der Waals surface area (Å²) in [5.41, 5.74) is 0.447. The van der Waals surface area contributed by atoms with Gasteiger partial charge in [0.15, 0.2) is 0 Å². The van der Waals surface area contributed by atoms with E-state index >= 15 is 0 Å². The SMILES string of the molecule is CCCOc1cc(OC)ccc1C(=O)N1CC(C)CC(C(=O)O)C1. The first kappa shape index (κ1) is 18.1. The Bertz CT molecular complexity index is 601. The Kier molecular flexibility index (Phi) is 6.06. The number of benzene rings is 1. The molecule has 2 unspecified atom stereocenters. The maximum atomic E-state index is 12.9. The fraction of sp³-hybridized carbons (Fsp3) is 0.556. The van der Waals surface area contributed by atoms with Gasteiger partial charge in [0.2, 0.25) is 0 Å². The van der Waals surface area contributed by atoms with Crippen molar-refractivity contribution in [3.8, 4) is 11.5 Å². The second kappa shape index (κ2) is 8.04. The standard InChI is InChI=1S/C18H25NO5/c1-4-7-24-16-9-14(23-3)5-6-15(16)17(20)19-10-12(2)8-13(11-19)18(21)22/h5-6,9,12-13H,4,7-8,10-11H2,1-3H3,(H,21,22). The van der Waals surface area contributed by atoms with Gasteiger partial charge >= 0.3 is 5.97 Å². The third kappa shape index (κ3) is 4.19. The maximum Gasteiger partial charge on any atom is 0.308 e. The van der Waals surface area contributed by atoms with Crippen LogP contribution in [0.2, 0.25) is 0 Å². The highest BCUT2D eigenvalue weighted by molar-refractivity contribution is 5.97. The van der Waals surface area contributed by atoms with E-state index in [0.29, 0.717) is 36.6 Å². The molecule has 0 aliphatic carbocycles. The minimum Gasteiger partial charge on any atom is -0.497 e. The van der Waals surface area contributed by atoms with Crippen molar-refractivity contribution in [2.45, 2.75) is 26.7 Å². The van der Waals surface area contributed by atoms with Crippen molar-refractivity contribution in [3.05, 3.63) is 23.8 Å². The van der Waals surface area contributed by atoms with Crippen molar-refractivity contribution in [1.29, 1.82) is 0 Å². The number of carboxylic acid groups (broad SMARTS) is 1. The lowest BCUT2D eigenvalue weighted by molar-refractivity contribution is -0.143. The number of hydrogen-bond acceptors (Lipinski definition) is 4. The van der Waals surface area contributed by atoms with Crippen LogP contribution in [0.1, 0.15) is 37.0 Å². The van der Waals surface area contributed by atoms with Crippen LogP contribution in [0.4, 0.5) is 0 Å². The Balaban J connectivity index is 2.25. The average molecular weight is 335 g/mol. The van der Waals surface area contributed by atoms with Gasteiger partial charge in [0.1, 0.15) is 11.5 Å². The molecule has 6 nitrogen and oxygen atoms in total. The lowest BCUT2D eigenvalue weighted by Crippen LogP contribution is -2.45. The van der Waals surface area contributed by atoms with Crippen LogP contribution in [0, 0.1) is 11.8 Å². The van der Waals surface area contributed by atoms with E-state index in [1.165, 1.54) is 0 Å². The van der Waals surface area contributed by atoms with Crippen molar-refractivity contribution in [2.24, 2.45) is 11.8 Å². The van der Waals surface area contributed by atoms with E-state index in [2.05, 4.69) is 0 Å². The number of methoxy groups -OCH3 is 1. The molecular weight excluding hydrogens is 310 g/mol. The second-order valence-electron chi connectivity index (χ2n) is 6.30. The lowest BCUT2D eigenvalue weighted by Gasteiger charge is -2.35. The summed E-state index contributed by atoms with van der Waals surface area (Å²) in [6.07, 6.45) is 1.42. The van der Waals surface area contributed by atoms with E-state index in [9.17, 15) is 14.7 Å². The highest BCUT2D eigenvalue weighted by Gasteiger charge is 2.33. The topological polar surface area (TPSA) is 76.1 Å². The number of amides is 1. The number of ether oxygens (including phenoxy) is 2. The zero-order chi connectivity index (χ0) is 17.7. The zero-order valence-electron chi connectivity index (χ0n) is 14.4. The molecule has 24 heavy (non-hydrogen) atoms. The smallest absolute Gasteiger partial charge is 0.308 e. The van der Waals surface area contributed by atoms with E-state index in [0.717, 1.165) is 6.42 Å². The largest absolute Gasteiger partial charge is 0.497 e. The third-order valence-electron chi connectivity index (χ3n) is 4.18. The first-order valence-electron chi connectivity index (χ1n) is 8.29. The molecule has 1 aliphatic rings. The van der Waals surface area contributed by atoms with Crippen LogP contribution >= 0.6 is 0 Å². The predicted octanol–water partition coefficient (Wildman–Crippen LogP) is 2.67. The van der Waals surface area contributed by atoms with Crippen LogP contribution in [0.25, 0.3) is 0 Å². The molecule has 1 fully saturated rings. The normalized spacial score (nSPS) is 20.5. The van der Waals surface area contributed by atoms with Crippen molar-refractivity contribution >= 4 is 11.9 Å². The van der Waals surface area contributed by atoms with Gasteiger partial charge in [-0.1, -0.05) is 13.8 Å². The predicted molar refractivity (Wildman–Crippen MR) is 89.6 cm³/mol. The molecule has 0 saturated carbocycles. The zero-order valence-corrected chi connectivity index (χ0v) is 14.4. The molecule has 6 heteroatoms. The summed E-state index contributed by atoms with van der Waals surface area (Å²) in [5.74, 6) is -0.310. The molecule has 1 saturated heterocycles. The molecule has 1 heterocycles. The van der Waals surface area contributed by atoms with Crippen LogP contribution in [-0.4, -0.2) is 48.7 Å². The summed E-state index contributed by atoms with van der Waals surface area (Å²) in [4.78, 5) is 25.8. The van der Waals surface area contributed by atoms with Crippen molar-refractivity contribution in [2.75, 3.05) is 26.8 Å². The molecule has 1 aliphatic heterocycles. The van der Waals surface area contributed by atoms with Gasteiger partial charge in [-0.2, -0.15) is 0 Å². The minimum atomic E-state index is -0.850. The second-order valence-corrected chi connectivity index (χ2v) is 6.30. The van der Waals surface area contributed by atoms with Crippen LogP contribution < -0.4 is 9.47 Å². The van der Waals surface area contributed by atoms with Gasteiger partial charge in [0.05, 0.1) is 25.2 Å². The Morgan fingerprint density at radius 2 is 2.08 bits per heavy atom. The molecule has 1 aromatic carbocycles. The number of rotatable bonds is 6. The molecule has 2 atom stereocenters. The summed E-state index contributed by atoms with van der Waals surface area (Å²) >= 11 is 0. The van der Waals surface area contributed by atoms with Crippen molar-refractivity contribution < 1.29 is 24.2 Å². The van der Waals surface area contributed by atoms with Crippen molar-refractivity contribution in [3.63, 3.8) is 0 Å². The molecule has 0 radical (unpaired) electrons. The number of piperidine rings is 1. The van der Waals surface area contributed by atoms with Crippen LogP contribution in [0.5, 0.6) is 11.5 Å². The summed E-state index contributed by atoms with van der Waals surface area (Å²) in [6, 6.07) is 5.10. The summed E-state index contributed by atoms with van der Waals surface area (Å²) in [5, 5.41) is 9.29. The third-order valence-corrected chi connectivity index (χ3v) is 4.18. The minimum absolute atomic E-state index is 0.155. The summed E-state index contributed by atoms with van der Waals surface area (Å²) in [7, 11) is 1.56. The number of carboxylic acids is 1. The average Bonchev–Trinajstić information content (AvgIpc) is 2.58. The Hall–Kier alpha value is -2.24. The van der Waals surface area contributed by atoms with Crippen LogP contribution in [0.3, 0.4) is 0 Å². The van der Waals surface area contributed by atoms with Gasteiger partial charge in [-0.3, -0.25) is 9.59 Å².